The molecule has 0 saturated carbocycles. The summed E-state index contributed by atoms with van der Waals surface area (Å²) in [7, 11) is -0.864. The molecule has 0 amide bonds. The fourth-order valence-electron chi connectivity index (χ4n) is 1.44. The van der Waals surface area contributed by atoms with Gasteiger partial charge in [0.15, 0.2) is 10.6 Å². The first-order valence-electron chi connectivity index (χ1n) is 5.11. The van der Waals surface area contributed by atoms with E-state index in [9.17, 15) is 4.21 Å². The Morgan fingerprint density at radius 2 is 2.47 bits per heavy atom. The molecule has 0 spiro atoms. The third-order valence-corrected chi connectivity index (χ3v) is 4.97. The van der Waals surface area contributed by atoms with E-state index in [1.54, 1.807) is 17.6 Å². The van der Waals surface area contributed by atoms with E-state index in [0.717, 1.165) is 10.7 Å². The molecule has 0 aromatic carbocycles. The van der Waals surface area contributed by atoms with E-state index in [4.69, 9.17) is 12.2 Å². The van der Waals surface area contributed by atoms with Gasteiger partial charge in [-0.05, 0) is 30.6 Å². The van der Waals surface area contributed by atoms with E-state index in [2.05, 4.69) is 10.2 Å². The Labute approximate surface area is 111 Å². The van der Waals surface area contributed by atoms with Gasteiger partial charge >= 0.3 is 0 Å². The molecule has 2 aromatic heterocycles. The van der Waals surface area contributed by atoms with Crippen molar-refractivity contribution in [2.45, 2.75) is 18.7 Å². The molecular formula is C10H13N3OS3. The maximum atomic E-state index is 11.4. The third kappa shape index (κ3) is 2.72. The number of thiophene rings is 1. The minimum Gasteiger partial charge on any atom is -0.298 e. The smallest absolute Gasteiger partial charge is 0.195 e. The minimum atomic E-state index is -0.864. The summed E-state index contributed by atoms with van der Waals surface area (Å²) >= 11 is 6.82. The lowest BCUT2D eigenvalue weighted by molar-refractivity contribution is 0.642. The topological polar surface area (TPSA) is 50.7 Å². The number of aromatic amines is 1. The lowest BCUT2D eigenvalue weighted by Gasteiger charge is -2.10. The first-order valence-corrected chi connectivity index (χ1v) is 8.02. The van der Waals surface area contributed by atoms with Gasteiger partial charge in [0.25, 0.3) is 0 Å². The van der Waals surface area contributed by atoms with Crippen LogP contribution in [-0.4, -0.2) is 30.5 Å². The van der Waals surface area contributed by atoms with Gasteiger partial charge in [0.1, 0.15) is 0 Å². The van der Waals surface area contributed by atoms with Gasteiger partial charge in [0.2, 0.25) is 0 Å². The van der Waals surface area contributed by atoms with Crippen LogP contribution in [0.4, 0.5) is 0 Å². The van der Waals surface area contributed by atoms with Crippen LogP contribution in [0.2, 0.25) is 0 Å². The number of H-pyrrole nitrogens is 1. The summed E-state index contributed by atoms with van der Waals surface area (Å²) in [5.41, 5.74) is 0. The van der Waals surface area contributed by atoms with E-state index < -0.39 is 10.8 Å². The van der Waals surface area contributed by atoms with Gasteiger partial charge < -0.3 is 0 Å². The number of nitrogens with zero attached hydrogens (tertiary/aromatic N) is 2. The van der Waals surface area contributed by atoms with Crippen molar-refractivity contribution in [2.75, 3.05) is 6.26 Å². The summed E-state index contributed by atoms with van der Waals surface area (Å²) < 4.78 is 13.9. The van der Waals surface area contributed by atoms with Gasteiger partial charge in [-0.1, -0.05) is 6.07 Å². The maximum Gasteiger partial charge on any atom is 0.195 e. The molecule has 0 aliphatic heterocycles. The summed E-state index contributed by atoms with van der Waals surface area (Å²) in [6, 6.07) is 3.98. The monoisotopic (exact) mass is 287 g/mol. The molecule has 0 fully saturated rings. The highest BCUT2D eigenvalue weighted by Gasteiger charge is 2.14. The number of hydrogen-bond acceptors (Lipinski definition) is 4. The van der Waals surface area contributed by atoms with Crippen molar-refractivity contribution in [2.24, 2.45) is 0 Å². The van der Waals surface area contributed by atoms with Gasteiger partial charge in [-0.3, -0.25) is 13.9 Å². The van der Waals surface area contributed by atoms with Crippen LogP contribution in [0.25, 0.3) is 10.7 Å². The molecule has 7 heteroatoms. The first-order chi connectivity index (χ1) is 8.09. The number of hydrogen-bond donors (Lipinski definition) is 1. The highest BCUT2D eigenvalue weighted by atomic mass is 32.2. The average Bonchev–Trinajstić information content (AvgIpc) is 2.89. The zero-order valence-electron chi connectivity index (χ0n) is 9.54. The third-order valence-electron chi connectivity index (χ3n) is 2.51. The van der Waals surface area contributed by atoms with Crippen molar-refractivity contribution >= 4 is 34.4 Å². The van der Waals surface area contributed by atoms with Gasteiger partial charge in [0.05, 0.1) is 4.88 Å². The van der Waals surface area contributed by atoms with Gasteiger partial charge in [0, 0.05) is 28.9 Å². The molecule has 4 nitrogen and oxygen atoms in total. The van der Waals surface area contributed by atoms with Crippen LogP contribution in [0.3, 0.4) is 0 Å². The van der Waals surface area contributed by atoms with E-state index in [1.165, 1.54) is 0 Å². The van der Waals surface area contributed by atoms with Crippen LogP contribution in [0.5, 0.6) is 0 Å². The highest BCUT2D eigenvalue weighted by molar-refractivity contribution is 7.84. The zero-order chi connectivity index (χ0) is 12.4. The second-order valence-corrected chi connectivity index (χ2v) is 6.89. The molecule has 0 aliphatic rings. The lowest BCUT2D eigenvalue weighted by atomic mass is 10.4. The Hall–Kier alpha value is -0.790. The molecule has 2 aromatic rings. The summed E-state index contributed by atoms with van der Waals surface area (Å²) in [6.45, 7) is 2.56. The Bertz CT molecular complexity index is 570. The Kier molecular flexibility index (Phi) is 3.90. The van der Waals surface area contributed by atoms with Gasteiger partial charge in [-0.2, -0.15) is 5.10 Å². The predicted molar refractivity (Wildman–Crippen MR) is 74.3 cm³/mol. The van der Waals surface area contributed by atoms with E-state index in [1.807, 2.05) is 29.0 Å². The molecule has 92 valence electrons. The van der Waals surface area contributed by atoms with Crippen molar-refractivity contribution in [3.8, 4) is 10.7 Å². The van der Waals surface area contributed by atoms with Crippen LogP contribution >= 0.6 is 23.6 Å². The van der Waals surface area contributed by atoms with Crippen molar-refractivity contribution in [3.63, 3.8) is 0 Å². The molecule has 0 aliphatic carbocycles. The number of nitrogens with one attached hydrogen (secondary N) is 1. The molecule has 2 atom stereocenters. The average molecular weight is 287 g/mol. The Morgan fingerprint density at radius 1 is 1.71 bits per heavy atom. The summed E-state index contributed by atoms with van der Waals surface area (Å²) in [5, 5.41) is 9.07. The number of aromatic nitrogens is 3. The quantitative estimate of drug-likeness (QED) is 0.879. The van der Waals surface area contributed by atoms with Crippen molar-refractivity contribution in [3.05, 3.63) is 22.3 Å². The summed E-state index contributed by atoms with van der Waals surface area (Å²) in [5.74, 6) is 0.822. The Balaban J connectivity index is 2.37. The van der Waals surface area contributed by atoms with Crippen molar-refractivity contribution in [1.29, 1.82) is 0 Å². The second kappa shape index (κ2) is 5.24. The SMILES string of the molecule is CC(Cn1c(-c2cccs2)n[nH]c1=S)S(C)=O. The van der Waals surface area contributed by atoms with Gasteiger partial charge in [-0.15, -0.1) is 11.3 Å². The Morgan fingerprint density at radius 3 is 3.06 bits per heavy atom. The van der Waals surface area contributed by atoms with Crippen LogP contribution in [0.15, 0.2) is 17.5 Å². The van der Waals surface area contributed by atoms with Gasteiger partial charge in [-0.25, -0.2) is 0 Å². The van der Waals surface area contributed by atoms with Crippen molar-refractivity contribution < 1.29 is 4.21 Å². The fourth-order valence-corrected chi connectivity index (χ4v) is 2.73. The molecule has 2 heterocycles. The van der Waals surface area contributed by atoms with Crippen LogP contribution < -0.4 is 0 Å². The zero-order valence-corrected chi connectivity index (χ0v) is 12.0. The van der Waals surface area contributed by atoms with E-state index in [0.29, 0.717) is 11.3 Å². The predicted octanol–water partition coefficient (Wildman–Crippen LogP) is 2.44. The fraction of sp³-hybridized carbons (Fsp3) is 0.400. The second-order valence-electron chi connectivity index (χ2n) is 3.75. The highest BCUT2D eigenvalue weighted by Crippen LogP contribution is 2.23. The first kappa shape index (κ1) is 12.7. The summed E-state index contributed by atoms with van der Waals surface area (Å²) in [6.07, 6.45) is 1.71. The molecule has 17 heavy (non-hydrogen) atoms. The van der Waals surface area contributed by atoms with E-state index >= 15 is 0 Å². The molecule has 2 unspecified atom stereocenters. The normalized spacial score (nSPS) is 14.7. The number of rotatable bonds is 4. The standard InChI is InChI=1S/C10H13N3OS3/c1-7(17(2)14)6-13-9(11-12-10(13)15)8-4-3-5-16-8/h3-5,7H,6H2,1-2H3,(H,12,15). The van der Waals surface area contributed by atoms with Crippen LogP contribution in [-0.2, 0) is 17.3 Å². The van der Waals surface area contributed by atoms with Crippen LogP contribution in [0.1, 0.15) is 6.92 Å². The minimum absolute atomic E-state index is 0.0537. The molecule has 2 rings (SSSR count). The molecule has 1 N–H and O–H groups in total. The largest absolute Gasteiger partial charge is 0.298 e. The lowest BCUT2D eigenvalue weighted by Crippen LogP contribution is -2.18. The molecule has 0 saturated heterocycles. The molecular weight excluding hydrogens is 274 g/mol. The molecule has 0 radical (unpaired) electrons. The van der Waals surface area contributed by atoms with Crippen molar-refractivity contribution in [1.82, 2.24) is 14.8 Å². The maximum absolute atomic E-state index is 11.4. The summed E-state index contributed by atoms with van der Waals surface area (Å²) in [4.78, 5) is 1.06. The van der Waals surface area contributed by atoms with Crippen LogP contribution in [0, 0.1) is 4.77 Å². The van der Waals surface area contributed by atoms with E-state index in [-0.39, 0.29) is 5.25 Å². The molecule has 0 bridgehead atoms.